The van der Waals surface area contributed by atoms with E-state index in [1.54, 1.807) is 12.3 Å². The van der Waals surface area contributed by atoms with Gasteiger partial charge in [0.2, 0.25) is 5.56 Å². The van der Waals surface area contributed by atoms with Crippen molar-refractivity contribution in [2.45, 2.75) is 26.7 Å². The summed E-state index contributed by atoms with van der Waals surface area (Å²) in [6.45, 7) is 6.08. The van der Waals surface area contributed by atoms with Crippen molar-refractivity contribution in [3.63, 3.8) is 0 Å². The quantitative estimate of drug-likeness (QED) is 0.859. The summed E-state index contributed by atoms with van der Waals surface area (Å²) in [6.07, 6.45) is 3.50. The van der Waals surface area contributed by atoms with E-state index in [4.69, 9.17) is 0 Å². The molecule has 2 aromatic heterocycles. The highest BCUT2D eigenvalue weighted by molar-refractivity contribution is 5.61. The maximum Gasteiger partial charge on any atom is 0.247 e. The summed E-state index contributed by atoms with van der Waals surface area (Å²) in [5.41, 5.74) is 2.68. The number of H-pyrrole nitrogens is 1. The molecule has 17 heavy (non-hydrogen) atoms. The van der Waals surface area contributed by atoms with Crippen LogP contribution in [-0.2, 0) is 0 Å². The minimum Gasteiger partial charge on any atom is -0.328 e. The second-order valence-electron chi connectivity index (χ2n) is 4.36. The smallest absolute Gasteiger partial charge is 0.247 e. The molecule has 4 nitrogen and oxygen atoms in total. The van der Waals surface area contributed by atoms with Gasteiger partial charge < -0.3 is 4.98 Å². The number of rotatable bonds is 2. The first-order chi connectivity index (χ1) is 8.08. The van der Waals surface area contributed by atoms with Crippen molar-refractivity contribution in [2.24, 2.45) is 0 Å². The summed E-state index contributed by atoms with van der Waals surface area (Å²) in [5, 5.41) is 0. The monoisotopic (exact) mass is 229 g/mol. The highest BCUT2D eigenvalue weighted by atomic mass is 16.1. The van der Waals surface area contributed by atoms with Crippen LogP contribution in [0.2, 0.25) is 0 Å². The van der Waals surface area contributed by atoms with Crippen LogP contribution in [0, 0.1) is 6.92 Å². The average Bonchev–Trinajstić information content (AvgIpc) is 2.31. The zero-order chi connectivity index (χ0) is 12.4. The molecule has 0 bridgehead atoms. The summed E-state index contributed by atoms with van der Waals surface area (Å²) in [5.74, 6) is 1.11. The van der Waals surface area contributed by atoms with E-state index >= 15 is 0 Å². The molecule has 0 radical (unpaired) electrons. The number of nitrogens with zero attached hydrogens (tertiary/aromatic N) is 2. The van der Waals surface area contributed by atoms with Crippen molar-refractivity contribution < 1.29 is 0 Å². The van der Waals surface area contributed by atoms with Gasteiger partial charge in [0.25, 0.3) is 0 Å². The van der Waals surface area contributed by atoms with Crippen molar-refractivity contribution in [2.75, 3.05) is 0 Å². The topological polar surface area (TPSA) is 58.6 Å². The standard InChI is InChI=1S/C13H15N3O/c1-8(2)13-15-6-9(3)12(16-13)10-4-5-11(17)14-7-10/h4-8H,1-3H3,(H,14,17). The molecule has 0 saturated heterocycles. The molecule has 0 saturated carbocycles. The van der Waals surface area contributed by atoms with Gasteiger partial charge in [-0.25, -0.2) is 9.97 Å². The number of hydrogen-bond acceptors (Lipinski definition) is 3. The van der Waals surface area contributed by atoms with Crippen molar-refractivity contribution in [1.82, 2.24) is 15.0 Å². The Morgan fingerprint density at radius 3 is 2.65 bits per heavy atom. The largest absolute Gasteiger partial charge is 0.328 e. The normalized spacial score (nSPS) is 10.8. The molecule has 4 heteroatoms. The Hall–Kier alpha value is -1.97. The molecule has 0 fully saturated rings. The molecule has 0 amide bonds. The van der Waals surface area contributed by atoms with Crippen LogP contribution in [0.1, 0.15) is 31.2 Å². The molecule has 1 N–H and O–H groups in total. The third-order valence-electron chi connectivity index (χ3n) is 2.56. The predicted octanol–water partition coefficient (Wildman–Crippen LogP) is 2.26. The molecule has 0 unspecified atom stereocenters. The molecule has 0 aliphatic carbocycles. The van der Waals surface area contributed by atoms with Crippen LogP contribution >= 0.6 is 0 Å². The molecule has 0 aromatic carbocycles. The number of hydrogen-bond donors (Lipinski definition) is 1. The predicted molar refractivity (Wildman–Crippen MR) is 66.9 cm³/mol. The Labute approximate surface area is 99.8 Å². The number of pyridine rings is 1. The van der Waals surface area contributed by atoms with Gasteiger partial charge in [-0.15, -0.1) is 0 Å². The minimum atomic E-state index is -0.107. The molecular formula is C13H15N3O. The van der Waals surface area contributed by atoms with Gasteiger partial charge in [0.05, 0.1) is 5.69 Å². The van der Waals surface area contributed by atoms with Crippen LogP contribution in [0.15, 0.2) is 29.3 Å². The lowest BCUT2D eigenvalue weighted by Gasteiger charge is -2.08. The van der Waals surface area contributed by atoms with E-state index in [9.17, 15) is 4.79 Å². The van der Waals surface area contributed by atoms with E-state index in [0.29, 0.717) is 0 Å². The third-order valence-corrected chi connectivity index (χ3v) is 2.56. The summed E-state index contributed by atoms with van der Waals surface area (Å²) >= 11 is 0. The summed E-state index contributed by atoms with van der Waals surface area (Å²) < 4.78 is 0. The Kier molecular flexibility index (Phi) is 3.04. The van der Waals surface area contributed by atoms with E-state index in [-0.39, 0.29) is 11.5 Å². The number of aromatic nitrogens is 3. The van der Waals surface area contributed by atoms with Crippen molar-refractivity contribution in [3.05, 3.63) is 46.3 Å². The van der Waals surface area contributed by atoms with Gasteiger partial charge in [-0.1, -0.05) is 13.8 Å². The van der Waals surface area contributed by atoms with E-state index in [1.807, 2.05) is 13.1 Å². The van der Waals surface area contributed by atoms with Crippen molar-refractivity contribution in [1.29, 1.82) is 0 Å². The van der Waals surface area contributed by atoms with Crippen LogP contribution in [0.3, 0.4) is 0 Å². The van der Waals surface area contributed by atoms with Gasteiger partial charge >= 0.3 is 0 Å². The Bertz CT molecular complexity index is 567. The first kappa shape index (κ1) is 11.5. The van der Waals surface area contributed by atoms with E-state index in [1.165, 1.54) is 6.07 Å². The Morgan fingerprint density at radius 1 is 1.29 bits per heavy atom. The lowest BCUT2D eigenvalue weighted by atomic mass is 10.1. The molecule has 0 aliphatic rings. The summed E-state index contributed by atoms with van der Waals surface area (Å²) in [7, 11) is 0. The van der Waals surface area contributed by atoms with Gasteiger partial charge in [0.1, 0.15) is 5.82 Å². The maximum absolute atomic E-state index is 11.0. The van der Waals surface area contributed by atoms with Crippen LogP contribution in [0.4, 0.5) is 0 Å². The lowest BCUT2D eigenvalue weighted by Crippen LogP contribution is -2.04. The van der Waals surface area contributed by atoms with Crippen LogP contribution in [0.5, 0.6) is 0 Å². The highest BCUT2D eigenvalue weighted by Crippen LogP contribution is 2.20. The summed E-state index contributed by atoms with van der Waals surface area (Å²) in [6, 6.07) is 3.28. The molecule has 2 aromatic rings. The fraction of sp³-hybridized carbons (Fsp3) is 0.308. The highest BCUT2D eigenvalue weighted by Gasteiger charge is 2.08. The number of nitrogens with one attached hydrogen (secondary N) is 1. The Morgan fingerprint density at radius 2 is 2.06 bits per heavy atom. The molecule has 88 valence electrons. The molecule has 2 rings (SSSR count). The molecule has 2 heterocycles. The minimum absolute atomic E-state index is 0.107. The lowest BCUT2D eigenvalue weighted by molar-refractivity contribution is 0.773. The maximum atomic E-state index is 11.0. The Balaban J connectivity index is 2.54. The van der Waals surface area contributed by atoms with Gasteiger partial charge in [-0.05, 0) is 18.6 Å². The number of aromatic amines is 1. The van der Waals surface area contributed by atoms with Crippen LogP contribution < -0.4 is 5.56 Å². The van der Waals surface area contributed by atoms with Crippen LogP contribution in [0.25, 0.3) is 11.3 Å². The average molecular weight is 229 g/mol. The zero-order valence-electron chi connectivity index (χ0n) is 10.2. The number of aryl methyl sites for hydroxylation is 1. The first-order valence-corrected chi connectivity index (χ1v) is 5.60. The first-order valence-electron chi connectivity index (χ1n) is 5.60. The van der Waals surface area contributed by atoms with Gasteiger partial charge in [-0.2, -0.15) is 0 Å². The van der Waals surface area contributed by atoms with Gasteiger partial charge in [-0.3, -0.25) is 4.79 Å². The fourth-order valence-electron chi connectivity index (χ4n) is 1.58. The van der Waals surface area contributed by atoms with Crippen LogP contribution in [-0.4, -0.2) is 15.0 Å². The molecule has 0 spiro atoms. The molecule has 0 aliphatic heterocycles. The van der Waals surface area contributed by atoms with Gasteiger partial charge in [0, 0.05) is 29.9 Å². The van der Waals surface area contributed by atoms with E-state index < -0.39 is 0 Å². The fourth-order valence-corrected chi connectivity index (χ4v) is 1.58. The molecular weight excluding hydrogens is 214 g/mol. The second kappa shape index (κ2) is 4.49. The SMILES string of the molecule is Cc1cnc(C(C)C)nc1-c1ccc(=O)[nH]c1. The van der Waals surface area contributed by atoms with Crippen molar-refractivity contribution in [3.8, 4) is 11.3 Å². The summed E-state index contributed by atoms with van der Waals surface area (Å²) in [4.78, 5) is 22.5. The second-order valence-corrected chi connectivity index (χ2v) is 4.36. The van der Waals surface area contributed by atoms with Crippen molar-refractivity contribution >= 4 is 0 Å². The third kappa shape index (κ3) is 2.41. The van der Waals surface area contributed by atoms with Gasteiger partial charge in [0.15, 0.2) is 0 Å². The molecule has 0 atom stereocenters. The zero-order valence-corrected chi connectivity index (χ0v) is 10.2. The van der Waals surface area contributed by atoms with E-state index in [2.05, 4.69) is 28.8 Å². The van der Waals surface area contributed by atoms with E-state index in [0.717, 1.165) is 22.6 Å².